The Labute approximate surface area is 205 Å². The Hall–Kier alpha value is -1.96. The van der Waals surface area contributed by atoms with Gasteiger partial charge in [0.25, 0.3) is 0 Å². The lowest BCUT2D eigenvalue weighted by molar-refractivity contribution is -0.339. The van der Waals surface area contributed by atoms with E-state index in [0.717, 1.165) is 32.5 Å². The Kier molecular flexibility index (Phi) is 11.2. The van der Waals surface area contributed by atoms with Crippen molar-refractivity contribution in [3.63, 3.8) is 0 Å². The molecule has 0 radical (unpaired) electrons. The number of terminal acetylenes is 1. The molecular weight excluding hydrogens is 492 g/mol. The van der Waals surface area contributed by atoms with E-state index in [4.69, 9.17) is 34.8 Å². The van der Waals surface area contributed by atoms with Crippen LogP contribution in [0, 0.1) is 12.3 Å². The van der Waals surface area contributed by atoms with E-state index in [0.29, 0.717) is 0 Å². The van der Waals surface area contributed by atoms with Crippen LogP contribution < -0.4 is 0 Å². The van der Waals surface area contributed by atoms with Crippen molar-refractivity contribution in [3.05, 3.63) is 0 Å². The number of rotatable bonds is 9. The molecular formula is C21H30O13S. The van der Waals surface area contributed by atoms with Crippen molar-refractivity contribution in [3.8, 4) is 12.3 Å². The molecule has 35 heavy (non-hydrogen) atoms. The number of aliphatic hydroxyl groups is 4. The fourth-order valence-corrected chi connectivity index (χ4v) is 4.50. The summed E-state index contributed by atoms with van der Waals surface area (Å²) >= 11 is 1.06. The predicted octanol–water partition coefficient (Wildman–Crippen LogP) is -2.31. The molecule has 0 bridgehead atoms. The van der Waals surface area contributed by atoms with Gasteiger partial charge in [0.2, 0.25) is 0 Å². The molecule has 2 saturated heterocycles. The first-order chi connectivity index (χ1) is 16.5. The number of thioether (sulfide) groups is 1. The van der Waals surface area contributed by atoms with Crippen LogP contribution in [0.1, 0.15) is 20.8 Å². The zero-order valence-electron chi connectivity index (χ0n) is 19.3. The molecule has 10 atom stereocenters. The topological polar surface area (TPSA) is 188 Å². The molecule has 4 N–H and O–H groups in total. The van der Waals surface area contributed by atoms with Crippen LogP contribution >= 0.6 is 11.8 Å². The summed E-state index contributed by atoms with van der Waals surface area (Å²) in [4.78, 5) is 35.3. The van der Waals surface area contributed by atoms with E-state index < -0.39 is 91.7 Å². The lowest BCUT2D eigenvalue weighted by Gasteiger charge is -2.47. The molecule has 198 valence electrons. The highest BCUT2D eigenvalue weighted by atomic mass is 32.2. The molecule has 0 aliphatic carbocycles. The smallest absolute Gasteiger partial charge is 0.303 e. The summed E-state index contributed by atoms with van der Waals surface area (Å²) < 4.78 is 33.0. The maximum absolute atomic E-state index is 12.0. The van der Waals surface area contributed by atoms with Gasteiger partial charge in [0, 0.05) is 20.8 Å². The first-order valence-corrected chi connectivity index (χ1v) is 11.7. The van der Waals surface area contributed by atoms with Gasteiger partial charge in [0.05, 0.1) is 12.4 Å². The van der Waals surface area contributed by atoms with Gasteiger partial charge in [-0.2, -0.15) is 0 Å². The third kappa shape index (κ3) is 7.76. The molecule has 2 aliphatic rings. The number of hydrogen-bond donors (Lipinski definition) is 4. The van der Waals surface area contributed by atoms with Crippen molar-refractivity contribution < 1.29 is 63.2 Å². The van der Waals surface area contributed by atoms with Gasteiger partial charge in [-0.1, -0.05) is 5.92 Å². The second-order valence-electron chi connectivity index (χ2n) is 7.81. The van der Waals surface area contributed by atoms with Gasteiger partial charge in [-0.25, -0.2) is 0 Å². The largest absolute Gasteiger partial charge is 0.463 e. The van der Waals surface area contributed by atoms with Gasteiger partial charge in [0.1, 0.15) is 48.7 Å². The second-order valence-corrected chi connectivity index (χ2v) is 8.89. The maximum Gasteiger partial charge on any atom is 0.303 e. The molecule has 0 saturated carbocycles. The highest BCUT2D eigenvalue weighted by Crippen LogP contribution is 2.36. The first kappa shape index (κ1) is 29.3. The number of aliphatic hydroxyl groups excluding tert-OH is 4. The minimum absolute atomic E-state index is 0.133. The van der Waals surface area contributed by atoms with E-state index in [-0.39, 0.29) is 5.75 Å². The zero-order valence-corrected chi connectivity index (χ0v) is 20.2. The summed E-state index contributed by atoms with van der Waals surface area (Å²) in [5, 5.41) is 40.0. The number of ether oxygens (including phenoxy) is 6. The molecule has 0 amide bonds. The van der Waals surface area contributed by atoms with Crippen molar-refractivity contribution in [1.82, 2.24) is 0 Å². The van der Waals surface area contributed by atoms with Crippen LogP contribution in [0.3, 0.4) is 0 Å². The van der Waals surface area contributed by atoms with Gasteiger partial charge in [-0.05, 0) is 0 Å². The van der Waals surface area contributed by atoms with E-state index in [2.05, 4.69) is 5.92 Å². The summed E-state index contributed by atoms with van der Waals surface area (Å²) in [5.41, 5.74) is -0.963. The number of carbonyl (C=O) groups is 3. The van der Waals surface area contributed by atoms with Crippen LogP contribution in [-0.4, -0.2) is 118 Å². The number of carbonyl (C=O) groups excluding carboxylic acids is 3. The Morgan fingerprint density at radius 2 is 1.51 bits per heavy atom. The monoisotopic (exact) mass is 522 g/mol. The van der Waals surface area contributed by atoms with Crippen molar-refractivity contribution in [2.24, 2.45) is 0 Å². The number of hydrogen-bond acceptors (Lipinski definition) is 14. The van der Waals surface area contributed by atoms with Crippen molar-refractivity contribution in [2.75, 3.05) is 19.0 Å². The quantitative estimate of drug-likeness (QED) is 0.144. The van der Waals surface area contributed by atoms with E-state index in [1.54, 1.807) is 0 Å². The van der Waals surface area contributed by atoms with Crippen LogP contribution in [0.2, 0.25) is 0 Å². The standard InChI is InChI=1S/C21H30O13S/c1-5-6-35-21-19(31-11(4)25)18(30-10(3)24)17(13(33-21)8-29-9(2)23)34-20-16(28)15(27)14(26)12(7-22)32-20/h1,12-22,26-28H,6-8H2,2-4H3/t12-,13-,14+,15+,16-,17-,18+,19-,20+,21+/m1/s1. The Balaban J connectivity index is 2.44. The minimum Gasteiger partial charge on any atom is -0.463 e. The summed E-state index contributed by atoms with van der Waals surface area (Å²) in [6, 6.07) is 0. The average molecular weight is 523 g/mol. The highest BCUT2D eigenvalue weighted by molar-refractivity contribution is 8.00. The Bertz CT molecular complexity index is 784. The van der Waals surface area contributed by atoms with Crippen molar-refractivity contribution >= 4 is 29.7 Å². The molecule has 2 rings (SSSR count). The first-order valence-electron chi connectivity index (χ1n) is 10.6. The maximum atomic E-state index is 12.0. The van der Waals surface area contributed by atoms with Gasteiger partial charge in [-0.3, -0.25) is 14.4 Å². The SMILES string of the molecule is C#CCS[C@@H]1O[C@H](COC(C)=O)[C@@H](O[C@@H]2O[C@H](CO)[C@H](O)[C@H](O)[C@H]2O)[C@H](OC(C)=O)[C@H]1OC(C)=O. The number of esters is 3. The van der Waals surface area contributed by atoms with Crippen molar-refractivity contribution in [1.29, 1.82) is 0 Å². The highest BCUT2D eigenvalue weighted by Gasteiger charge is 2.54. The molecule has 0 aromatic heterocycles. The zero-order chi connectivity index (χ0) is 26.3. The van der Waals surface area contributed by atoms with Crippen LogP contribution in [0.5, 0.6) is 0 Å². The lowest BCUT2D eigenvalue weighted by Crippen LogP contribution is -2.65. The van der Waals surface area contributed by atoms with Crippen LogP contribution in [0.4, 0.5) is 0 Å². The van der Waals surface area contributed by atoms with Gasteiger partial charge in [0.15, 0.2) is 18.5 Å². The normalized spacial score (nSPS) is 37.1. The van der Waals surface area contributed by atoms with Gasteiger partial charge < -0.3 is 48.8 Å². The van der Waals surface area contributed by atoms with E-state index in [1.807, 2.05) is 0 Å². The Morgan fingerprint density at radius 3 is 2.06 bits per heavy atom. The molecule has 0 unspecified atom stereocenters. The molecule has 0 spiro atoms. The third-order valence-corrected chi connectivity index (χ3v) is 6.16. The molecule has 0 aromatic rings. The average Bonchev–Trinajstić information content (AvgIpc) is 2.78. The van der Waals surface area contributed by atoms with Crippen LogP contribution in [0.15, 0.2) is 0 Å². The second kappa shape index (κ2) is 13.4. The fraction of sp³-hybridized carbons (Fsp3) is 0.762. The lowest BCUT2D eigenvalue weighted by atomic mass is 9.97. The van der Waals surface area contributed by atoms with Crippen molar-refractivity contribution in [2.45, 2.75) is 81.3 Å². The van der Waals surface area contributed by atoms with Gasteiger partial charge >= 0.3 is 17.9 Å². The molecule has 2 heterocycles. The van der Waals surface area contributed by atoms with Gasteiger partial charge in [-0.15, -0.1) is 18.2 Å². The summed E-state index contributed by atoms with van der Waals surface area (Å²) in [6.45, 7) is 2.29. The van der Waals surface area contributed by atoms with E-state index in [9.17, 15) is 34.8 Å². The summed E-state index contributed by atoms with van der Waals surface area (Å²) in [7, 11) is 0. The predicted molar refractivity (Wildman–Crippen MR) is 116 cm³/mol. The summed E-state index contributed by atoms with van der Waals surface area (Å²) in [5.74, 6) is 0.377. The van der Waals surface area contributed by atoms with E-state index in [1.165, 1.54) is 0 Å². The Morgan fingerprint density at radius 1 is 0.886 bits per heavy atom. The molecule has 2 fully saturated rings. The minimum atomic E-state index is -1.79. The molecule has 0 aromatic carbocycles. The third-order valence-electron chi connectivity index (χ3n) is 5.12. The molecule has 2 aliphatic heterocycles. The fourth-order valence-electron chi connectivity index (χ4n) is 3.62. The van der Waals surface area contributed by atoms with Crippen LogP contribution in [-0.2, 0) is 42.8 Å². The van der Waals surface area contributed by atoms with Crippen LogP contribution in [0.25, 0.3) is 0 Å². The molecule has 13 nitrogen and oxygen atoms in total. The van der Waals surface area contributed by atoms with E-state index >= 15 is 0 Å². The summed E-state index contributed by atoms with van der Waals surface area (Å²) in [6.07, 6.45) is -7.89. The molecule has 14 heteroatoms.